The highest BCUT2D eigenvalue weighted by Gasteiger charge is 2.32. The second-order valence-electron chi connectivity index (χ2n) is 7.52. The van der Waals surface area contributed by atoms with Crippen molar-refractivity contribution in [3.63, 3.8) is 0 Å². The molecule has 0 radical (unpaired) electrons. The van der Waals surface area contributed by atoms with Crippen molar-refractivity contribution in [3.05, 3.63) is 54.1 Å². The summed E-state index contributed by atoms with van der Waals surface area (Å²) < 4.78 is 5.82. The fourth-order valence-corrected chi connectivity index (χ4v) is 2.95. The van der Waals surface area contributed by atoms with Crippen molar-refractivity contribution in [3.8, 4) is 5.75 Å². The molecule has 0 fully saturated rings. The first-order valence-corrected chi connectivity index (χ1v) is 8.71. The number of anilines is 2. The molecule has 2 aromatic rings. The van der Waals surface area contributed by atoms with Gasteiger partial charge < -0.3 is 15.0 Å². The lowest BCUT2D eigenvalue weighted by molar-refractivity contribution is -0.123. The molecule has 1 N–H and O–H groups in total. The van der Waals surface area contributed by atoms with Crippen LogP contribution in [0.4, 0.5) is 11.4 Å². The van der Waals surface area contributed by atoms with Crippen molar-refractivity contribution in [2.75, 3.05) is 16.8 Å². The number of amides is 2. The number of ether oxygens (including phenoxy) is 1. The van der Waals surface area contributed by atoms with Crippen LogP contribution in [-0.2, 0) is 15.0 Å². The van der Waals surface area contributed by atoms with Gasteiger partial charge in [-0.2, -0.15) is 0 Å². The molecular weight excluding hydrogens is 328 g/mol. The van der Waals surface area contributed by atoms with Gasteiger partial charge in [0, 0.05) is 12.6 Å². The number of carbonyl (C=O) groups is 2. The summed E-state index contributed by atoms with van der Waals surface area (Å²) in [6, 6.07) is 15.0. The highest BCUT2D eigenvalue weighted by Crippen LogP contribution is 2.33. The Balaban J connectivity index is 1.75. The minimum Gasteiger partial charge on any atom is -0.476 e. The number of rotatable bonds is 2. The standard InChI is InChI=1S/C21H24N2O3/c1-14(24)23-13-19(26-18-8-6-5-7-17(18)23)20(25)22-16-11-9-15(10-12-16)21(2,3)4/h5-12,19H,13H2,1-4H3,(H,22,25)/t19-/m0/s1. The molecule has 0 unspecified atom stereocenters. The molecule has 5 nitrogen and oxygen atoms in total. The summed E-state index contributed by atoms with van der Waals surface area (Å²) >= 11 is 0. The van der Waals surface area contributed by atoms with E-state index >= 15 is 0 Å². The number of benzene rings is 2. The second kappa shape index (κ2) is 6.83. The summed E-state index contributed by atoms with van der Waals surface area (Å²) in [7, 11) is 0. The average molecular weight is 352 g/mol. The average Bonchev–Trinajstić information content (AvgIpc) is 2.60. The molecule has 0 aromatic heterocycles. The molecule has 1 atom stereocenters. The van der Waals surface area contributed by atoms with Gasteiger partial charge in [-0.05, 0) is 35.2 Å². The Bertz CT molecular complexity index is 822. The van der Waals surface area contributed by atoms with E-state index in [1.807, 2.05) is 42.5 Å². The van der Waals surface area contributed by atoms with Crippen LogP contribution in [-0.4, -0.2) is 24.5 Å². The highest BCUT2D eigenvalue weighted by molar-refractivity contribution is 5.99. The van der Waals surface area contributed by atoms with E-state index in [0.717, 1.165) is 0 Å². The maximum absolute atomic E-state index is 12.7. The molecule has 1 aliphatic heterocycles. The molecule has 0 bridgehead atoms. The zero-order chi connectivity index (χ0) is 18.9. The molecule has 0 saturated carbocycles. The van der Waals surface area contributed by atoms with E-state index in [2.05, 4.69) is 26.1 Å². The van der Waals surface area contributed by atoms with Crippen LogP contribution in [0.5, 0.6) is 5.75 Å². The van der Waals surface area contributed by atoms with E-state index in [9.17, 15) is 9.59 Å². The number of para-hydroxylation sites is 2. The van der Waals surface area contributed by atoms with Crippen molar-refractivity contribution in [2.45, 2.75) is 39.2 Å². The number of nitrogens with zero attached hydrogens (tertiary/aromatic N) is 1. The van der Waals surface area contributed by atoms with Gasteiger partial charge in [-0.1, -0.05) is 45.0 Å². The lowest BCUT2D eigenvalue weighted by Gasteiger charge is -2.33. The molecule has 0 aliphatic carbocycles. The Hall–Kier alpha value is -2.82. The van der Waals surface area contributed by atoms with Gasteiger partial charge in [0.05, 0.1) is 12.2 Å². The molecular formula is C21H24N2O3. The van der Waals surface area contributed by atoms with Crippen molar-refractivity contribution >= 4 is 23.2 Å². The Morgan fingerprint density at radius 1 is 1.08 bits per heavy atom. The molecule has 5 heteroatoms. The van der Waals surface area contributed by atoms with Crippen LogP contribution in [0, 0.1) is 0 Å². The topological polar surface area (TPSA) is 58.6 Å². The normalized spacial score (nSPS) is 16.5. The van der Waals surface area contributed by atoms with Gasteiger partial charge in [0.15, 0.2) is 6.10 Å². The molecule has 0 saturated heterocycles. The first kappa shape index (κ1) is 18.0. The van der Waals surface area contributed by atoms with Gasteiger partial charge in [-0.3, -0.25) is 9.59 Å². The smallest absolute Gasteiger partial charge is 0.267 e. The van der Waals surface area contributed by atoms with E-state index in [1.54, 1.807) is 11.0 Å². The zero-order valence-electron chi connectivity index (χ0n) is 15.6. The highest BCUT2D eigenvalue weighted by atomic mass is 16.5. The quantitative estimate of drug-likeness (QED) is 0.896. The first-order valence-electron chi connectivity index (χ1n) is 8.71. The second-order valence-corrected chi connectivity index (χ2v) is 7.52. The number of carbonyl (C=O) groups excluding carboxylic acids is 2. The Morgan fingerprint density at radius 3 is 2.35 bits per heavy atom. The minimum atomic E-state index is -0.754. The van der Waals surface area contributed by atoms with Gasteiger partial charge >= 0.3 is 0 Å². The number of hydrogen-bond donors (Lipinski definition) is 1. The van der Waals surface area contributed by atoms with Crippen LogP contribution in [0.1, 0.15) is 33.3 Å². The third kappa shape index (κ3) is 3.72. The van der Waals surface area contributed by atoms with Crippen LogP contribution in [0.2, 0.25) is 0 Å². The van der Waals surface area contributed by atoms with Crippen LogP contribution < -0.4 is 15.0 Å². The van der Waals surface area contributed by atoms with Crippen LogP contribution >= 0.6 is 0 Å². The molecule has 1 heterocycles. The summed E-state index contributed by atoms with van der Waals surface area (Å²) in [6.45, 7) is 8.11. The largest absolute Gasteiger partial charge is 0.476 e. The van der Waals surface area contributed by atoms with Crippen molar-refractivity contribution in [1.82, 2.24) is 0 Å². The van der Waals surface area contributed by atoms with Crippen LogP contribution in [0.3, 0.4) is 0 Å². The summed E-state index contributed by atoms with van der Waals surface area (Å²) in [4.78, 5) is 26.2. The first-order chi connectivity index (χ1) is 12.3. The van der Waals surface area contributed by atoms with E-state index in [1.165, 1.54) is 12.5 Å². The maximum Gasteiger partial charge on any atom is 0.267 e. The van der Waals surface area contributed by atoms with Gasteiger partial charge in [0.25, 0.3) is 5.91 Å². The fourth-order valence-electron chi connectivity index (χ4n) is 2.95. The van der Waals surface area contributed by atoms with Crippen LogP contribution in [0.25, 0.3) is 0 Å². The SMILES string of the molecule is CC(=O)N1C[C@@H](C(=O)Nc2ccc(C(C)(C)C)cc2)Oc2ccccc21. The lowest BCUT2D eigenvalue weighted by atomic mass is 9.87. The molecule has 2 aromatic carbocycles. The van der Waals surface area contributed by atoms with Crippen LogP contribution in [0.15, 0.2) is 48.5 Å². The van der Waals surface area contributed by atoms with Crippen molar-refractivity contribution in [2.24, 2.45) is 0 Å². The van der Waals surface area contributed by atoms with E-state index < -0.39 is 6.10 Å². The third-order valence-corrected chi connectivity index (χ3v) is 4.46. The Labute approximate surface area is 154 Å². The number of hydrogen-bond acceptors (Lipinski definition) is 3. The van der Waals surface area contributed by atoms with E-state index in [-0.39, 0.29) is 23.8 Å². The molecule has 26 heavy (non-hydrogen) atoms. The molecule has 0 spiro atoms. The predicted molar refractivity (Wildman–Crippen MR) is 103 cm³/mol. The van der Waals surface area contributed by atoms with Crippen molar-refractivity contribution < 1.29 is 14.3 Å². The van der Waals surface area contributed by atoms with Crippen molar-refractivity contribution in [1.29, 1.82) is 0 Å². The van der Waals surface area contributed by atoms with Gasteiger partial charge in [0.1, 0.15) is 5.75 Å². The van der Waals surface area contributed by atoms with Gasteiger partial charge in [-0.15, -0.1) is 0 Å². The summed E-state index contributed by atoms with van der Waals surface area (Å²) in [5, 5.41) is 2.88. The van der Waals surface area contributed by atoms with E-state index in [0.29, 0.717) is 17.1 Å². The third-order valence-electron chi connectivity index (χ3n) is 4.46. The summed E-state index contributed by atoms with van der Waals surface area (Å²) in [5.74, 6) is 0.152. The fraction of sp³-hybridized carbons (Fsp3) is 0.333. The number of nitrogens with one attached hydrogen (secondary N) is 1. The molecule has 3 rings (SSSR count). The zero-order valence-corrected chi connectivity index (χ0v) is 15.6. The summed E-state index contributed by atoms with van der Waals surface area (Å²) in [6.07, 6.45) is -0.754. The van der Waals surface area contributed by atoms with Gasteiger partial charge in [-0.25, -0.2) is 0 Å². The monoisotopic (exact) mass is 352 g/mol. The molecule has 1 aliphatic rings. The minimum absolute atomic E-state index is 0.0563. The Morgan fingerprint density at radius 2 is 1.73 bits per heavy atom. The number of fused-ring (bicyclic) bond motifs is 1. The molecule has 2 amide bonds. The molecule has 136 valence electrons. The Kier molecular flexibility index (Phi) is 4.72. The lowest BCUT2D eigenvalue weighted by Crippen LogP contribution is -2.48. The predicted octanol–water partition coefficient (Wildman–Crippen LogP) is 3.74. The van der Waals surface area contributed by atoms with E-state index in [4.69, 9.17) is 4.74 Å². The summed E-state index contributed by atoms with van der Waals surface area (Å²) in [5.41, 5.74) is 2.65. The maximum atomic E-state index is 12.7. The van der Waals surface area contributed by atoms with Gasteiger partial charge in [0.2, 0.25) is 5.91 Å².